The van der Waals surface area contributed by atoms with Crippen molar-refractivity contribution in [3.05, 3.63) is 35.6 Å². The first-order valence-electron chi connectivity index (χ1n) is 8.28. The molecule has 0 saturated heterocycles. The van der Waals surface area contributed by atoms with E-state index in [0.29, 0.717) is 0 Å². The molecule has 3 heteroatoms. The second-order valence-electron chi connectivity index (χ2n) is 6.01. The lowest BCUT2D eigenvalue weighted by atomic mass is 9.79. The molecule has 2 nitrogen and oxygen atoms in total. The Morgan fingerprint density at radius 2 is 1.57 bits per heavy atom. The summed E-state index contributed by atoms with van der Waals surface area (Å²) >= 11 is 0. The van der Waals surface area contributed by atoms with Gasteiger partial charge in [0.15, 0.2) is 0 Å². The SMILES string of the molecule is CCCN(CCC)C(C)C(N)(CCC)c1ccc(F)cc1. The van der Waals surface area contributed by atoms with Crippen molar-refractivity contribution in [3.8, 4) is 0 Å². The Hall–Kier alpha value is -0.930. The van der Waals surface area contributed by atoms with Gasteiger partial charge in [-0.05, 0) is 57.0 Å². The van der Waals surface area contributed by atoms with E-state index >= 15 is 0 Å². The lowest BCUT2D eigenvalue weighted by Crippen LogP contribution is -2.55. The molecular formula is C18H31FN2. The van der Waals surface area contributed by atoms with E-state index in [2.05, 4.69) is 32.6 Å². The molecule has 0 aliphatic rings. The maximum Gasteiger partial charge on any atom is 0.123 e. The van der Waals surface area contributed by atoms with Crippen molar-refractivity contribution in [2.45, 2.75) is 65.0 Å². The summed E-state index contributed by atoms with van der Waals surface area (Å²) in [5, 5.41) is 0. The first kappa shape index (κ1) is 18.1. The minimum Gasteiger partial charge on any atom is -0.320 e. The van der Waals surface area contributed by atoms with E-state index in [4.69, 9.17) is 5.73 Å². The number of nitrogens with two attached hydrogens (primary N) is 1. The zero-order valence-electron chi connectivity index (χ0n) is 14.0. The van der Waals surface area contributed by atoms with Gasteiger partial charge in [0.2, 0.25) is 0 Å². The van der Waals surface area contributed by atoms with E-state index in [9.17, 15) is 4.39 Å². The molecule has 0 fully saturated rings. The Morgan fingerprint density at radius 3 is 2.00 bits per heavy atom. The molecule has 2 atom stereocenters. The summed E-state index contributed by atoms with van der Waals surface area (Å²) in [7, 11) is 0. The Labute approximate surface area is 129 Å². The fourth-order valence-corrected chi connectivity index (χ4v) is 3.17. The highest BCUT2D eigenvalue weighted by Gasteiger charge is 2.36. The Morgan fingerprint density at radius 1 is 1.05 bits per heavy atom. The Balaban J connectivity index is 3.09. The van der Waals surface area contributed by atoms with E-state index in [1.807, 2.05) is 12.1 Å². The molecular weight excluding hydrogens is 263 g/mol. The molecule has 1 aromatic rings. The summed E-state index contributed by atoms with van der Waals surface area (Å²) in [6.07, 6.45) is 4.17. The molecule has 120 valence electrons. The first-order chi connectivity index (χ1) is 9.99. The van der Waals surface area contributed by atoms with Gasteiger partial charge in [-0.25, -0.2) is 4.39 Å². The van der Waals surface area contributed by atoms with Crippen molar-refractivity contribution < 1.29 is 4.39 Å². The maximum atomic E-state index is 13.2. The van der Waals surface area contributed by atoms with E-state index in [1.54, 1.807) is 0 Å². The van der Waals surface area contributed by atoms with Crippen LogP contribution in [0, 0.1) is 5.82 Å². The summed E-state index contributed by atoms with van der Waals surface area (Å²) in [5.74, 6) is -0.204. The number of benzene rings is 1. The van der Waals surface area contributed by atoms with Crippen LogP contribution in [-0.2, 0) is 5.54 Å². The number of halogens is 1. The van der Waals surface area contributed by atoms with Crippen molar-refractivity contribution in [1.82, 2.24) is 4.90 Å². The lowest BCUT2D eigenvalue weighted by molar-refractivity contribution is 0.123. The van der Waals surface area contributed by atoms with Gasteiger partial charge < -0.3 is 5.73 Å². The molecule has 2 unspecified atom stereocenters. The predicted molar refractivity (Wildman–Crippen MR) is 88.8 cm³/mol. The summed E-state index contributed by atoms with van der Waals surface area (Å²) in [6.45, 7) is 10.9. The van der Waals surface area contributed by atoms with Crippen molar-refractivity contribution in [3.63, 3.8) is 0 Å². The minimum atomic E-state index is -0.424. The lowest BCUT2D eigenvalue weighted by Gasteiger charge is -2.42. The van der Waals surface area contributed by atoms with Gasteiger partial charge in [0, 0.05) is 6.04 Å². The standard InChI is InChI=1S/C18H31FN2/c1-5-12-18(20,16-8-10-17(19)11-9-16)15(4)21(13-6-2)14-7-3/h8-11,15H,5-7,12-14,20H2,1-4H3. The predicted octanol–water partition coefficient (Wildman–Crippen LogP) is 4.29. The highest BCUT2D eigenvalue weighted by atomic mass is 19.1. The molecule has 1 rings (SSSR count). The number of hydrogen-bond donors (Lipinski definition) is 1. The molecule has 0 aliphatic heterocycles. The van der Waals surface area contributed by atoms with Gasteiger partial charge in [0.25, 0.3) is 0 Å². The molecule has 21 heavy (non-hydrogen) atoms. The fourth-order valence-electron chi connectivity index (χ4n) is 3.17. The summed E-state index contributed by atoms with van der Waals surface area (Å²) in [4.78, 5) is 2.47. The van der Waals surface area contributed by atoms with Crippen LogP contribution < -0.4 is 5.73 Å². The quantitative estimate of drug-likeness (QED) is 0.736. The monoisotopic (exact) mass is 294 g/mol. The van der Waals surface area contributed by atoms with Gasteiger partial charge >= 0.3 is 0 Å². The van der Waals surface area contributed by atoms with Gasteiger partial charge in [-0.1, -0.05) is 39.3 Å². The second kappa shape index (κ2) is 8.50. The third-order valence-electron chi connectivity index (χ3n) is 4.36. The van der Waals surface area contributed by atoms with Crippen LogP contribution in [0.3, 0.4) is 0 Å². The molecule has 0 bridgehead atoms. The largest absolute Gasteiger partial charge is 0.320 e. The van der Waals surface area contributed by atoms with Gasteiger partial charge in [-0.3, -0.25) is 4.90 Å². The fraction of sp³-hybridized carbons (Fsp3) is 0.667. The first-order valence-corrected chi connectivity index (χ1v) is 8.28. The summed E-state index contributed by atoms with van der Waals surface area (Å²) in [5.41, 5.74) is 7.43. The smallest absolute Gasteiger partial charge is 0.123 e. The maximum absolute atomic E-state index is 13.2. The zero-order valence-corrected chi connectivity index (χ0v) is 14.0. The molecule has 0 radical (unpaired) electrons. The van der Waals surface area contributed by atoms with Crippen LogP contribution in [0.25, 0.3) is 0 Å². The molecule has 0 aliphatic carbocycles. The van der Waals surface area contributed by atoms with Crippen LogP contribution in [-0.4, -0.2) is 24.0 Å². The molecule has 0 spiro atoms. The molecule has 0 heterocycles. The third-order valence-corrected chi connectivity index (χ3v) is 4.36. The Bertz CT molecular complexity index is 398. The van der Waals surface area contributed by atoms with E-state index in [1.165, 1.54) is 12.1 Å². The van der Waals surface area contributed by atoms with E-state index in [0.717, 1.165) is 44.3 Å². The van der Waals surface area contributed by atoms with Crippen LogP contribution >= 0.6 is 0 Å². The van der Waals surface area contributed by atoms with Gasteiger partial charge in [-0.15, -0.1) is 0 Å². The number of nitrogens with zero attached hydrogens (tertiary/aromatic N) is 1. The van der Waals surface area contributed by atoms with Crippen molar-refractivity contribution >= 4 is 0 Å². The van der Waals surface area contributed by atoms with Gasteiger partial charge in [0.05, 0.1) is 5.54 Å². The Kier molecular flexibility index (Phi) is 7.33. The summed E-state index contributed by atoms with van der Waals surface area (Å²) in [6, 6.07) is 6.96. The molecule has 0 amide bonds. The average molecular weight is 294 g/mol. The highest BCUT2D eigenvalue weighted by molar-refractivity contribution is 5.26. The number of hydrogen-bond acceptors (Lipinski definition) is 2. The van der Waals surface area contributed by atoms with Crippen LogP contribution in [0.4, 0.5) is 4.39 Å². The van der Waals surface area contributed by atoms with Crippen LogP contribution in [0.1, 0.15) is 58.9 Å². The molecule has 0 saturated carbocycles. The highest BCUT2D eigenvalue weighted by Crippen LogP contribution is 2.31. The van der Waals surface area contributed by atoms with Crippen LogP contribution in [0.15, 0.2) is 24.3 Å². The molecule has 2 N–H and O–H groups in total. The van der Waals surface area contributed by atoms with Gasteiger partial charge in [0.1, 0.15) is 5.82 Å². The van der Waals surface area contributed by atoms with E-state index < -0.39 is 5.54 Å². The minimum absolute atomic E-state index is 0.204. The average Bonchev–Trinajstić information content (AvgIpc) is 2.47. The van der Waals surface area contributed by atoms with Crippen molar-refractivity contribution in [2.75, 3.05) is 13.1 Å². The molecule has 0 aromatic heterocycles. The van der Waals surface area contributed by atoms with E-state index in [-0.39, 0.29) is 11.9 Å². The van der Waals surface area contributed by atoms with Crippen LogP contribution in [0.2, 0.25) is 0 Å². The second-order valence-corrected chi connectivity index (χ2v) is 6.01. The van der Waals surface area contributed by atoms with Gasteiger partial charge in [-0.2, -0.15) is 0 Å². The topological polar surface area (TPSA) is 29.3 Å². The zero-order chi connectivity index (χ0) is 15.9. The van der Waals surface area contributed by atoms with Crippen molar-refractivity contribution in [1.29, 1.82) is 0 Å². The van der Waals surface area contributed by atoms with Crippen molar-refractivity contribution in [2.24, 2.45) is 5.73 Å². The number of rotatable bonds is 9. The normalized spacial score (nSPS) is 16.0. The summed E-state index contributed by atoms with van der Waals surface area (Å²) < 4.78 is 13.2. The van der Waals surface area contributed by atoms with Crippen LogP contribution in [0.5, 0.6) is 0 Å². The third kappa shape index (κ3) is 4.52. The molecule has 1 aromatic carbocycles.